The van der Waals surface area contributed by atoms with Crippen molar-refractivity contribution < 1.29 is 4.79 Å². The zero-order valence-electron chi connectivity index (χ0n) is 12.9. The van der Waals surface area contributed by atoms with Crippen LogP contribution in [0, 0.1) is 0 Å². The molecule has 0 spiro atoms. The Morgan fingerprint density at radius 3 is 2.48 bits per heavy atom. The Labute approximate surface area is 142 Å². The third-order valence-corrected chi connectivity index (χ3v) is 3.32. The summed E-state index contributed by atoms with van der Waals surface area (Å²) in [5.74, 6) is 0.0237. The van der Waals surface area contributed by atoms with E-state index in [1.165, 1.54) is 28.1 Å². The number of nitrogens with zero attached hydrogens (tertiary/aromatic N) is 7. The highest BCUT2D eigenvalue weighted by molar-refractivity contribution is 6.02. The number of carbonyl (C=O) groups excluding carboxylic acids is 1. The standard InChI is InChI=1S/C16H12N8O/c25-15(14-11-20-24(22-14)13-5-2-1-3-6-13)21-12-9-17-16(18-10-12)23-8-4-7-19-23/h1-11H,(H,21,25). The maximum atomic E-state index is 12.3. The average molecular weight is 332 g/mol. The molecule has 3 heterocycles. The molecule has 9 heteroatoms. The van der Waals surface area contributed by atoms with Crippen molar-refractivity contribution in [3.05, 3.63) is 73.1 Å². The van der Waals surface area contributed by atoms with Crippen LogP contribution in [-0.2, 0) is 0 Å². The van der Waals surface area contributed by atoms with Gasteiger partial charge in [-0.1, -0.05) is 18.2 Å². The third-order valence-electron chi connectivity index (χ3n) is 3.32. The Kier molecular flexibility index (Phi) is 3.71. The smallest absolute Gasteiger partial charge is 0.277 e. The van der Waals surface area contributed by atoms with Crippen LogP contribution >= 0.6 is 0 Å². The molecule has 1 aromatic carbocycles. The van der Waals surface area contributed by atoms with Crippen LogP contribution in [0.4, 0.5) is 5.69 Å². The average Bonchev–Trinajstić information content (AvgIpc) is 3.35. The highest BCUT2D eigenvalue weighted by Gasteiger charge is 2.12. The van der Waals surface area contributed by atoms with Crippen LogP contribution in [0.3, 0.4) is 0 Å². The maximum absolute atomic E-state index is 12.3. The van der Waals surface area contributed by atoms with Crippen molar-refractivity contribution in [3.63, 3.8) is 0 Å². The molecule has 4 rings (SSSR count). The fourth-order valence-corrected chi connectivity index (χ4v) is 2.14. The molecule has 0 fully saturated rings. The lowest BCUT2D eigenvalue weighted by atomic mass is 10.3. The van der Waals surface area contributed by atoms with Crippen molar-refractivity contribution >= 4 is 11.6 Å². The SMILES string of the molecule is O=C(Nc1cnc(-n2cccn2)nc1)c1cnn(-c2ccccc2)n1. The van der Waals surface area contributed by atoms with Gasteiger partial charge in [0, 0.05) is 12.4 Å². The minimum Gasteiger partial charge on any atom is -0.318 e. The van der Waals surface area contributed by atoms with Gasteiger partial charge in [0.25, 0.3) is 11.9 Å². The predicted octanol–water partition coefficient (Wildman–Crippen LogP) is 1.50. The van der Waals surface area contributed by atoms with Crippen LogP contribution in [-0.4, -0.2) is 40.6 Å². The quantitative estimate of drug-likeness (QED) is 0.607. The van der Waals surface area contributed by atoms with E-state index in [-0.39, 0.29) is 5.69 Å². The van der Waals surface area contributed by atoms with E-state index in [1.54, 1.807) is 18.5 Å². The number of hydrogen-bond acceptors (Lipinski definition) is 6. The van der Waals surface area contributed by atoms with Gasteiger partial charge in [-0.2, -0.15) is 15.0 Å². The molecule has 9 nitrogen and oxygen atoms in total. The molecule has 3 aromatic heterocycles. The summed E-state index contributed by atoms with van der Waals surface area (Å²) in [6, 6.07) is 11.1. The van der Waals surface area contributed by atoms with Gasteiger partial charge in [0.15, 0.2) is 5.69 Å². The van der Waals surface area contributed by atoms with E-state index in [1.807, 2.05) is 30.3 Å². The van der Waals surface area contributed by atoms with E-state index in [2.05, 4.69) is 30.6 Å². The minimum absolute atomic E-state index is 0.194. The molecule has 0 unspecified atom stereocenters. The fourth-order valence-electron chi connectivity index (χ4n) is 2.14. The van der Waals surface area contributed by atoms with E-state index in [9.17, 15) is 4.79 Å². The van der Waals surface area contributed by atoms with Gasteiger partial charge in [0.2, 0.25) is 0 Å². The highest BCUT2D eigenvalue weighted by atomic mass is 16.2. The molecule has 1 N–H and O–H groups in total. The first kappa shape index (κ1) is 14.7. The number of aromatic nitrogens is 7. The molecular weight excluding hydrogens is 320 g/mol. The van der Waals surface area contributed by atoms with E-state index in [0.29, 0.717) is 11.6 Å². The van der Waals surface area contributed by atoms with Crippen LogP contribution in [0.25, 0.3) is 11.6 Å². The van der Waals surface area contributed by atoms with E-state index in [4.69, 9.17) is 0 Å². The van der Waals surface area contributed by atoms with Gasteiger partial charge in [-0.15, -0.1) is 5.10 Å². The summed E-state index contributed by atoms with van der Waals surface area (Å²) in [7, 11) is 0. The van der Waals surface area contributed by atoms with Crippen molar-refractivity contribution in [3.8, 4) is 11.6 Å². The Morgan fingerprint density at radius 2 is 1.76 bits per heavy atom. The molecule has 4 aromatic rings. The number of anilines is 1. The Bertz CT molecular complexity index is 977. The van der Waals surface area contributed by atoms with E-state index < -0.39 is 5.91 Å². The second-order valence-electron chi connectivity index (χ2n) is 5.03. The van der Waals surface area contributed by atoms with Crippen LogP contribution in [0.15, 0.2) is 67.4 Å². The number of nitrogens with one attached hydrogen (secondary N) is 1. The lowest BCUT2D eigenvalue weighted by Gasteiger charge is -2.03. The summed E-state index contributed by atoms with van der Waals surface area (Å²) in [5.41, 5.74) is 1.42. The molecule has 0 aliphatic carbocycles. The minimum atomic E-state index is -0.391. The first-order valence-electron chi connectivity index (χ1n) is 7.41. The number of benzene rings is 1. The number of para-hydroxylation sites is 1. The topological polar surface area (TPSA) is 103 Å². The third kappa shape index (κ3) is 3.11. The zero-order valence-corrected chi connectivity index (χ0v) is 12.9. The van der Waals surface area contributed by atoms with Crippen molar-refractivity contribution in [1.82, 2.24) is 34.7 Å². The Balaban J connectivity index is 1.48. The van der Waals surface area contributed by atoms with Crippen LogP contribution < -0.4 is 5.32 Å². The molecule has 0 radical (unpaired) electrons. The van der Waals surface area contributed by atoms with Crippen LogP contribution in [0.5, 0.6) is 0 Å². The van der Waals surface area contributed by atoms with Crippen LogP contribution in [0.2, 0.25) is 0 Å². The monoisotopic (exact) mass is 332 g/mol. The van der Waals surface area contributed by atoms with E-state index in [0.717, 1.165) is 5.69 Å². The van der Waals surface area contributed by atoms with Gasteiger partial charge < -0.3 is 5.32 Å². The second kappa shape index (κ2) is 6.32. The van der Waals surface area contributed by atoms with Gasteiger partial charge >= 0.3 is 0 Å². The highest BCUT2D eigenvalue weighted by Crippen LogP contribution is 2.08. The Hall–Kier alpha value is -3.88. The zero-order chi connectivity index (χ0) is 17.1. The summed E-state index contributed by atoms with van der Waals surface area (Å²) < 4.78 is 1.52. The number of carbonyl (C=O) groups is 1. The maximum Gasteiger partial charge on any atom is 0.277 e. The molecule has 1 amide bonds. The molecular formula is C16H12N8O. The Morgan fingerprint density at radius 1 is 0.960 bits per heavy atom. The summed E-state index contributed by atoms with van der Waals surface area (Å²) in [6.45, 7) is 0. The normalized spacial score (nSPS) is 10.6. The first-order chi connectivity index (χ1) is 12.3. The molecule has 0 atom stereocenters. The van der Waals surface area contributed by atoms with Crippen molar-refractivity contribution in [2.75, 3.05) is 5.32 Å². The van der Waals surface area contributed by atoms with Gasteiger partial charge in [-0.25, -0.2) is 14.6 Å². The molecule has 0 saturated heterocycles. The van der Waals surface area contributed by atoms with Crippen molar-refractivity contribution in [2.45, 2.75) is 0 Å². The summed E-state index contributed by atoms with van der Waals surface area (Å²) in [4.78, 5) is 22.0. The van der Waals surface area contributed by atoms with Crippen molar-refractivity contribution in [1.29, 1.82) is 0 Å². The molecule has 0 aliphatic rings. The molecule has 25 heavy (non-hydrogen) atoms. The van der Waals surface area contributed by atoms with Gasteiger partial charge in [0.05, 0.1) is 30.0 Å². The molecule has 0 aliphatic heterocycles. The largest absolute Gasteiger partial charge is 0.318 e. The first-order valence-corrected chi connectivity index (χ1v) is 7.41. The predicted molar refractivity (Wildman–Crippen MR) is 88.5 cm³/mol. The molecule has 0 saturated carbocycles. The molecule has 0 bridgehead atoms. The van der Waals surface area contributed by atoms with E-state index >= 15 is 0 Å². The molecule has 122 valence electrons. The van der Waals surface area contributed by atoms with Crippen molar-refractivity contribution in [2.24, 2.45) is 0 Å². The van der Waals surface area contributed by atoms with Gasteiger partial charge in [0.1, 0.15) is 0 Å². The lowest BCUT2D eigenvalue weighted by molar-refractivity contribution is 0.102. The lowest BCUT2D eigenvalue weighted by Crippen LogP contribution is -2.14. The summed E-state index contributed by atoms with van der Waals surface area (Å²) >= 11 is 0. The summed E-state index contributed by atoms with van der Waals surface area (Å²) in [5, 5.41) is 15.0. The van der Waals surface area contributed by atoms with Gasteiger partial charge in [-0.05, 0) is 18.2 Å². The fraction of sp³-hybridized carbons (Fsp3) is 0. The van der Waals surface area contributed by atoms with Crippen LogP contribution in [0.1, 0.15) is 10.5 Å². The second-order valence-corrected chi connectivity index (χ2v) is 5.03. The number of rotatable bonds is 4. The summed E-state index contributed by atoms with van der Waals surface area (Å²) in [6.07, 6.45) is 7.78. The number of hydrogen-bond donors (Lipinski definition) is 1. The van der Waals surface area contributed by atoms with Gasteiger partial charge in [-0.3, -0.25) is 4.79 Å². The number of amides is 1.